The van der Waals surface area contributed by atoms with E-state index in [0.29, 0.717) is 28.5 Å². The third-order valence-electron chi connectivity index (χ3n) is 4.63. The molecule has 1 aliphatic carbocycles. The lowest BCUT2D eigenvalue weighted by Gasteiger charge is -2.30. The average molecular weight is 347 g/mol. The molecule has 3 nitrogen and oxygen atoms in total. The number of ketones is 1. The van der Waals surface area contributed by atoms with E-state index in [1.807, 2.05) is 23.6 Å². The summed E-state index contributed by atoms with van der Waals surface area (Å²) in [6, 6.07) is 19.0. The van der Waals surface area contributed by atoms with Crippen molar-refractivity contribution in [2.45, 2.75) is 12.3 Å². The zero-order chi connectivity index (χ0) is 17.2. The molecule has 0 bridgehead atoms. The lowest BCUT2D eigenvalue weighted by atomic mass is 9.77. The standard InChI is InChI=1S/C21H17NO2S/c23-20(19-10-5-11-25-19)17-8-3-4-9-18(17)21(24)22-13-15-12-14-6-1-2-7-16(14)15/h1-11,15H,12-13H2,(H,22,24)/t15-/m1/s1. The molecule has 0 fully saturated rings. The van der Waals surface area contributed by atoms with Gasteiger partial charge in [0.25, 0.3) is 5.91 Å². The van der Waals surface area contributed by atoms with Gasteiger partial charge in [0.15, 0.2) is 0 Å². The maximum absolute atomic E-state index is 12.6. The van der Waals surface area contributed by atoms with Gasteiger partial charge in [-0.15, -0.1) is 11.3 Å². The molecule has 4 rings (SSSR count). The van der Waals surface area contributed by atoms with E-state index < -0.39 is 0 Å². The summed E-state index contributed by atoms with van der Waals surface area (Å²) in [7, 11) is 0. The molecule has 0 aliphatic heterocycles. The number of carbonyl (C=O) groups excluding carboxylic acids is 2. The van der Waals surface area contributed by atoms with E-state index in [9.17, 15) is 9.59 Å². The van der Waals surface area contributed by atoms with Crippen LogP contribution in [0.5, 0.6) is 0 Å². The quantitative estimate of drug-likeness (QED) is 0.708. The first-order chi connectivity index (χ1) is 12.2. The Kier molecular flexibility index (Phi) is 4.20. The van der Waals surface area contributed by atoms with E-state index in [0.717, 1.165) is 6.42 Å². The summed E-state index contributed by atoms with van der Waals surface area (Å²) in [5, 5.41) is 4.86. The molecule has 1 aromatic heterocycles. The predicted molar refractivity (Wildman–Crippen MR) is 99.4 cm³/mol. The summed E-state index contributed by atoms with van der Waals surface area (Å²) in [5.74, 6) is 0.0694. The van der Waals surface area contributed by atoms with Crippen LogP contribution in [0.4, 0.5) is 0 Å². The van der Waals surface area contributed by atoms with Crippen LogP contribution in [0, 0.1) is 0 Å². The summed E-state index contributed by atoms with van der Waals surface area (Å²) in [4.78, 5) is 25.9. The van der Waals surface area contributed by atoms with Crippen LogP contribution < -0.4 is 5.32 Å². The Morgan fingerprint density at radius 2 is 1.72 bits per heavy atom. The van der Waals surface area contributed by atoms with Crippen LogP contribution in [0.2, 0.25) is 0 Å². The van der Waals surface area contributed by atoms with E-state index in [-0.39, 0.29) is 11.7 Å². The number of hydrogen-bond donors (Lipinski definition) is 1. The molecule has 124 valence electrons. The third-order valence-corrected chi connectivity index (χ3v) is 5.50. The topological polar surface area (TPSA) is 46.2 Å². The third kappa shape index (κ3) is 3.01. The van der Waals surface area contributed by atoms with Gasteiger partial charge in [-0.2, -0.15) is 0 Å². The lowest BCUT2D eigenvalue weighted by molar-refractivity contribution is 0.0939. The minimum atomic E-state index is -0.190. The molecule has 1 aliphatic rings. The Morgan fingerprint density at radius 3 is 2.48 bits per heavy atom. The minimum Gasteiger partial charge on any atom is -0.351 e. The molecular formula is C21H17NO2S. The van der Waals surface area contributed by atoms with Gasteiger partial charge in [-0.25, -0.2) is 0 Å². The number of carbonyl (C=O) groups is 2. The number of nitrogens with one attached hydrogen (secondary N) is 1. The molecular weight excluding hydrogens is 330 g/mol. The Hall–Kier alpha value is -2.72. The Balaban J connectivity index is 1.49. The van der Waals surface area contributed by atoms with E-state index in [1.54, 1.807) is 30.3 Å². The fourth-order valence-corrected chi connectivity index (χ4v) is 3.95. The van der Waals surface area contributed by atoms with Gasteiger partial charge in [0.1, 0.15) is 0 Å². The number of thiophene rings is 1. The van der Waals surface area contributed by atoms with Gasteiger partial charge in [0, 0.05) is 18.0 Å². The maximum Gasteiger partial charge on any atom is 0.252 e. The smallest absolute Gasteiger partial charge is 0.252 e. The van der Waals surface area contributed by atoms with Crippen molar-refractivity contribution < 1.29 is 9.59 Å². The largest absolute Gasteiger partial charge is 0.351 e. The fraction of sp³-hybridized carbons (Fsp3) is 0.143. The first-order valence-corrected chi connectivity index (χ1v) is 9.15. The van der Waals surface area contributed by atoms with Crippen molar-refractivity contribution in [3.05, 3.63) is 93.2 Å². The first kappa shape index (κ1) is 15.8. The highest BCUT2D eigenvalue weighted by molar-refractivity contribution is 7.12. The van der Waals surface area contributed by atoms with Crippen LogP contribution in [-0.4, -0.2) is 18.2 Å². The second kappa shape index (κ2) is 6.65. The summed E-state index contributed by atoms with van der Waals surface area (Å²) in [5.41, 5.74) is 3.56. The zero-order valence-electron chi connectivity index (χ0n) is 13.6. The van der Waals surface area contributed by atoms with Crippen LogP contribution in [0.15, 0.2) is 66.0 Å². The van der Waals surface area contributed by atoms with Crippen LogP contribution >= 0.6 is 11.3 Å². The van der Waals surface area contributed by atoms with Crippen molar-refractivity contribution in [3.63, 3.8) is 0 Å². The molecule has 3 aromatic rings. The SMILES string of the molecule is O=C(NC[C@H]1Cc2ccccc21)c1ccccc1C(=O)c1cccs1. The van der Waals surface area contributed by atoms with Gasteiger partial charge in [-0.3, -0.25) is 9.59 Å². The summed E-state index contributed by atoms with van der Waals surface area (Å²) in [6.07, 6.45) is 0.992. The van der Waals surface area contributed by atoms with Crippen molar-refractivity contribution >= 4 is 23.0 Å². The highest BCUT2D eigenvalue weighted by Crippen LogP contribution is 2.34. The van der Waals surface area contributed by atoms with Crippen LogP contribution in [0.3, 0.4) is 0 Å². The van der Waals surface area contributed by atoms with E-state index in [1.165, 1.54) is 22.5 Å². The van der Waals surface area contributed by atoms with Gasteiger partial charge in [-0.1, -0.05) is 48.5 Å². The molecule has 25 heavy (non-hydrogen) atoms. The summed E-state index contributed by atoms with van der Waals surface area (Å²) in [6.45, 7) is 0.595. The van der Waals surface area contributed by atoms with Gasteiger partial charge in [0.05, 0.1) is 10.4 Å². The van der Waals surface area contributed by atoms with Crippen molar-refractivity contribution in [3.8, 4) is 0 Å². The van der Waals surface area contributed by atoms with Crippen molar-refractivity contribution in [2.75, 3.05) is 6.54 Å². The molecule has 4 heteroatoms. The highest BCUT2D eigenvalue weighted by Gasteiger charge is 2.26. The van der Waals surface area contributed by atoms with Crippen molar-refractivity contribution in [1.82, 2.24) is 5.32 Å². The highest BCUT2D eigenvalue weighted by atomic mass is 32.1. The number of hydrogen-bond acceptors (Lipinski definition) is 3. The van der Waals surface area contributed by atoms with Gasteiger partial charge < -0.3 is 5.32 Å². The molecule has 1 heterocycles. The molecule has 0 radical (unpaired) electrons. The summed E-state index contributed by atoms with van der Waals surface area (Å²) >= 11 is 1.39. The molecule has 0 spiro atoms. The van der Waals surface area contributed by atoms with E-state index in [4.69, 9.17) is 0 Å². The Morgan fingerprint density at radius 1 is 0.960 bits per heavy atom. The van der Waals surface area contributed by atoms with Crippen molar-refractivity contribution in [2.24, 2.45) is 0 Å². The van der Waals surface area contributed by atoms with Crippen LogP contribution in [0.25, 0.3) is 0 Å². The summed E-state index contributed by atoms with van der Waals surface area (Å²) < 4.78 is 0. The van der Waals surface area contributed by atoms with Gasteiger partial charge in [-0.05, 0) is 35.1 Å². The molecule has 1 amide bonds. The normalized spacial score (nSPS) is 15.1. The molecule has 1 N–H and O–H groups in total. The second-order valence-corrected chi connectivity index (χ2v) is 7.11. The molecule has 0 unspecified atom stereocenters. The van der Waals surface area contributed by atoms with Gasteiger partial charge in [0.2, 0.25) is 5.78 Å². The lowest BCUT2D eigenvalue weighted by Crippen LogP contribution is -2.33. The first-order valence-electron chi connectivity index (χ1n) is 8.27. The zero-order valence-corrected chi connectivity index (χ0v) is 14.4. The molecule has 0 saturated heterocycles. The average Bonchev–Trinajstić information content (AvgIpc) is 3.16. The Labute approximate surface area is 150 Å². The van der Waals surface area contributed by atoms with Crippen LogP contribution in [-0.2, 0) is 6.42 Å². The van der Waals surface area contributed by atoms with E-state index in [2.05, 4.69) is 17.4 Å². The van der Waals surface area contributed by atoms with Crippen molar-refractivity contribution in [1.29, 1.82) is 0 Å². The maximum atomic E-state index is 12.6. The predicted octanol–water partition coefficient (Wildman–Crippen LogP) is 4.05. The molecule has 0 saturated carbocycles. The molecule has 1 atom stereocenters. The second-order valence-electron chi connectivity index (χ2n) is 6.16. The minimum absolute atomic E-state index is 0.102. The van der Waals surface area contributed by atoms with Crippen LogP contribution in [0.1, 0.15) is 42.6 Å². The van der Waals surface area contributed by atoms with E-state index >= 15 is 0 Å². The van der Waals surface area contributed by atoms with Gasteiger partial charge >= 0.3 is 0 Å². The number of amides is 1. The number of rotatable bonds is 5. The molecule has 2 aromatic carbocycles. The monoisotopic (exact) mass is 347 g/mol. The number of fused-ring (bicyclic) bond motifs is 1. The number of benzene rings is 2. The Bertz CT molecular complexity index is 931. The fourth-order valence-electron chi connectivity index (χ4n) is 3.28.